The zero-order chi connectivity index (χ0) is 10.8. The molecule has 3 heteroatoms. The summed E-state index contributed by atoms with van der Waals surface area (Å²) < 4.78 is 5.35. The van der Waals surface area contributed by atoms with Gasteiger partial charge in [0.15, 0.2) is 0 Å². The normalized spacial score (nSPS) is 20.1. The van der Waals surface area contributed by atoms with Gasteiger partial charge in [-0.1, -0.05) is 12.2 Å². The number of rotatable bonds is 2. The second-order valence-corrected chi connectivity index (χ2v) is 4.12. The van der Waals surface area contributed by atoms with Crippen LogP contribution in [-0.2, 0) is 0 Å². The molecule has 1 aliphatic carbocycles. The first-order chi connectivity index (χ1) is 7.93. The monoisotopic (exact) mass is 214 g/mol. The summed E-state index contributed by atoms with van der Waals surface area (Å²) in [6.45, 7) is 0. The van der Waals surface area contributed by atoms with Crippen LogP contribution in [0, 0.1) is 0 Å². The highest BCUT2D eigenvalue weighted by Gasteiger charge is 2.12. The van der Waals surface area contributed by atoms with Crippen molar-refractivity contribution in [2.24, 2.45) is 0 Å². The smallest absolute Gasteiger partial charge is 0.139 e. The average molecular weight is 214 g/mol. The van der Waals surface area contributed by atoms with Crippen molar-refractivity contribution in [3.8, 4) is 0 Å². The van der Waals surface area contributed by atoms with Crippen LogP contribution < -0.4 is 5.32 Å². The van der Waals surface area contributed by atoms with Gasteiger partial charge in [0.25, 0.3) is 0 Å². The number of hydrogen-bond acceptors (Lipinski definition) is 3. The Bertz CT molecular complexity index is 515. The number of anilines is 1. The Morgan fingerprint density at radius 3 is 3.19 bits per heavy atom. The average Bonchev–Trinajstić information content (AvgIpc) is 2.80. The highest BCUT2D eigenvalue weighted by molar-refractivity contribution is 5.87. The van der Waals surface area contributed by atoms with Crippen molar-refractivity contribution in [3.05, 3.63) is 36.7 Å². The molecule has 82 valence electrons. The maximum absolute atomic E-state index is 5.35. The second kappa shape index (κ2) is 4.00. The molecular formula is C13H14N2O. The summed E-state index contributed by atoms with van der Waals surface area (Å²) >= 11 is 0. The number of fused-ring (bicyclic) bond motifs is 1. The Balaban J connectivity index is 1.88. The molecule has 16 heavy (non-hydrogen) atoms. The first-order valence-electron chi connectivity index (χ1n) is 5.67. The Morgan fingerprint density at radius 1 is 1.31 bits per heavy atom. The van der Waals surface area contributed by atoms with E-state index in [1.807, 2.05) is 12.1 Å². The standard InChI is InChI=1S/C13H14N2O/c1-2-4-10(5-3-1)15-13-11-7-9-16-12(11)6-8-14-13/h1-2,6-10H,3-5H2,(H,14,15). The van der Waals surface area contributed by atoms with Crippen LogP contribution in [0.5, 0.6) is 0 Å². The Labute approximate surface area is 94.2 Å². The summed E-state index contributed by atoms with van der Waals surface area (Å²) in [5.74, 6) is 0.937. The molecule has 0 fully saturated rings. The predicted octanol–water partition coefficient (Wildman–Crippen LogP) is 3.35. The number of allylic oxidation sites excluding steroid dienone is 1. The van der Waals surface area contributed by atoms with Gasteiger partial charge in [0, 0.05) is 12.2 Å². The van der Waals surface area contributed by atoms with E-state index in [0.29, 0.717) is 6.04 Å². The van der Waals surface area contributed by atoms with E-state index in [1.54, 1.807) is 12.5 Å². The predicted molar refractivity (Wildman–Crippen MR) is 64.4 cm³/mol. The molecule has 3 rings (SSSR count). The highest BCUT2D eigenvalue weighted by Crippen LogP contribution is 2.24. The van der Waals surface area contributed by atoms with Crippen molar-refractivity contribution >= 4 is 16.8 Å². The molecule has 0 radical (unpaired) electrons. The molecule has 0 amide bonds. The fourth-order valence-corrected chi connectivity index (χ4v) is 2.13. The maximum atomic E-state index is 5.35. The van der Waals surface area contributed by atoms with Crippen molar-refractivity contribution in [2.45, 2.75) is 25.3 Å². The second-order valence-electron chi connectivity index (χ2n) is 4.12. The van der Waals surface area contributed by atoms with Gasteiger partial charge in [-0.15, -0.1) is 0 Å². The van der Waals surface area contributed by atoms with E-state index in [4.69, 9.17) is 4.42 Å². The van der Waals surface area contributed by atoms with Gasteiger partial charge in [-0.2, -0.15) is 0 Å². The molecule has 2 heterocycles. The van der Waals surface area contributed by atoms with Crippen LogP contribution in [-0.4, -0.2) is 11.0 Å². The highest BCUT2D eigenvalue weighted by atomic mass is 16.3. The molecular weight excluding hydrogens is 200 g/mol. The Morgan fingerprint density at radius 2 is 2.31 bits per heavy atom. The maximum Gasteiger partial charge on any atom is 0.139 e. The number of hydrogen-bond donors (Lipinski definition) is 1. The molecule has 0 saturated carbocycles. The van der Waals surface area contributed by atoms with Gasteiger partial charge in [-0.3, -0.25) is 0 Å². The molecule has 1 aliphatic rings. The van der Waals surface area contributed by atoms with E-state index >= 15 is 0 Å². The quantitative estimate of drug-likeness (QED) is 0.779. The van der Waals surface area contributed by atoms with E-state index in [2.05, 4.69) is 22.5 Å². The largest absolute Gasteiger partial charge is 0.464 e. The summed E-state index contributed by atoms with van der Waals surface area (Å²) in [7, 11) is 0. The molecule has 1 atom stereocenters. The van der Waals surface area contributed by atoms with Crippen LogP contribution >= 0.6 is 0 Å². The van der Waals surface area contributed by atoms with Crippen molar-refractivity contribution in [1.82, 2.24) is 4.98 Å². The number of nitrogens with zero attached hydrogens (tertiary/aromatic N) is 1. The summed E-state index contributed by atoms with van der Waals surface area (Å²) in [6.07, 6.45) is 11.4. The van der Waals surface area contributed by atoms with Crippen LogP contribution in [0.4, 0.5) is 5.82 Å². The number of aromatic nitrogens is 1. The lowest BCUT2D eigenvalue weighted by Crippen LogP contribution is -2.20. The zero-order valence-electron chi connectivity index (χ0n) is 9.02. The van der Waals surface area contributed by atoms with Crippen molar-refractivity contribution < 1.29 is 4.42 Å². The summed E-state index contributed by atoms with van der Waals surface area (Å²) in [6, 6.07) is 4.35. The van der Waals surface area contributed by atoms with Gasteiger partial charge < -0.3 is 9.73 Å². The van der Waals surface area contributed by atoms with E-state index in [1.165, 1.54) is 6.42 Å². The van der Waals surface area contributed by atoms with Crippen molar-refractivity contribution in [2.75, 3.05) is 5.32 Å². The van der Waals surface area contributed by atoms with Gasteiger partial charge in [0.05, 0.1) is 11.6 Å². The summed E-state index contributed by atoms with van der Waals surface area (Å²) in [5.41, 5.74) is 0.892. The van der Waals surface area contributed by atoms with E-state index in [-0.39, 0.29) is 0 Å². The number of nitrogens with one attached hydrogen (secondary N) is 1. The van der Waals surface area contributed by atoms with Crippen molar-refractivity contribution in [3.63, 3.8) is 0 Å². The molecule has 0 saturated heterocycles. The molecule has 0 bridgehead atoms. The lowest BCUT2D eigenvalue weighted by atomic mass is 10.0. The molecule has 2 aromatic heterocycles. The third-order valence-corrected chi connectivity index (χ3v) is 2.99. The minimum atomic E-state index is 0.498. The van der Waals surface area contributed by atoms with Crippen LogP contribution in [0.1, 0.15) is 19.3 Å². The first kappa shape index (κ1) is 9.46. The van der Waals surface area contributed by atoms with Gasteiger partial charge >= 0.3 is 0 Å². The summed E-state index contributed by atoms with van der Waals surface area (Å²) in [4.78, 5) is 4.38. The molecule has 3 nitrogen and oxygen atoms in total. The molecule has 1 N–H and O–H groups in total. The minimum Gasteiger partial charge on any atom is -0.464 e. The van der Waals surface area contributed by atoms with Crippen LogP contribution in [0.25, 0.3) is 11.0 Å². The molecule has 0 aliphatic heterocycles. The van der Waals surface area contributed by atoms with Gasteiger partial charge in [0.2, 0.25) is 0 Å². The zero-order valence-corrected chi connectivity index (χ0v) is 9.02. The number of furan rings is 1. The van der Waals surface area contributed by atoms with E-state index in [9.17, 15) is 0 Å². The van der Waals surface area contributed by atoms with Crippen LogP contribution in [0.2, 0.25) is 0 Å². The molecule has 1 unspecified atom stereocenters. The van der Waals surface area contributed by atoms with E-state index in [0.717, 1.165) is 29.6 Å². The topological polar surface area (TPSA) is 38.1 Å². The third kappa shape index (κ3) is 1.69. The molecule has 0 spiro atoms. The minimum absolute atomic E-state index is 0.498. The van der Waals surface area contributed by atoms with Gasteiger partial charge in [-0.05, 0) is 31.4 Å². The lowest BCUT2D eigenvalue weighted by Gasteiger charge is -2.20. The summed E-state index contributed by atoms with van der Waals surface area (Å²) in [5, 5.41) is 4.55. The SMILES string of the molecule is C1=CCC(Nc2nccc3occc23)CC1. The lowest BCUT2D eigenvalue weighted by molar-refractivity contribution is 0.615. The Kier molecular flexibility index (Phi) is 2.37. The fraction of sp³-hybridized carbons (Fsp3) is 0.308. The van der Waals surface area contributed by atoms with Crippen LogP contribution in [0.15, 0.2) is 41.2 Å². The third-order valence-electron chi connectivity index (χ3n) is 2.99. The van der Waals surface area contributed by atoms with Crippen LogP contribution in [0.3, 0.4) is 0 Å². The molecule has 0 aromatic carbocycles. The van der Waals surface area contributed by atoms with Gasteiger partial charge in [0.1, 0.15) is 11.4 Å². The molecule has 2 aromatic rings. The first-order valence-corrected chi connectivity index (χ1v) is 5.67. The van der Waals surface area contributed by atoms with E-state index < -0.39 is 0 Å². The van der Waals surface area contributed by atoms with Gasteiger partial charge in [-0.25, -0.2) is 4.98 Å². The Hall–Kier alpha value is -1.77. The number of pyridine rings is 1. The van der Waals surface area contributed by atoms with Crippen molar-refractivity contribution in [1.29, 1.82) is 0 Å². The fourth-order valence-electron chi connectivity index (χ4n) is 2.13.